The van der Waals surface area contributed by atoms with Gasteiger partial charge in [0.05, 0.1) is 24.3 Å². The third-order valence-electron chi connectivity index (χ3n) is 6.55. The van der Waals surface area contributed by atoms with E-state index in [0.29, 0.717) is 23.5 Å². The maximum absolute atomic E-state index is 12.9. The van der Waals surface area contributed by atoms with Gasteiger partial charge in [-0.2, -0.15) is 5.26 Å². The van der Waals surface area contributed by atoms with E-state index in [0.717, 1.165) is 5.56 Å². The molecule has 0 fully saturated rings. The molecule has 6 nitrogen and oxygen atoms in total. The summed E-state index contributed by atoms with van der Waals surface area (Å²) in [5.74, 6) is 0.564. The second-order valence-electron chi connectivity index (χ2n) is 10.3. The molecular weight excluding hydrogens is 408 g/mol. The zero-order valence-electron chi connectivity index (χ0n) is 19.4. The van der Waals surface area contributed by atoms with E-state index in [4.69, 9.17) is 9.16 Å². The van der Waals surface area contributed by atoms with Crippen LogP contribution in [-0.2, 0) is 11.0 Å². The normalized spacial score (nSPS) is 20.5. The molecule has 0 spiro atoms. The van der Waals surface area contributed by atoms with Crippen molar-refractivity contribution < 1.29 is 14.3 Å². The number of hydrogen-bond acceptors (Lipinski definition) is 5. The third kappa shape index (κ3) is 4.47. The highest BCUT2D eigenvalue weighted by Gasteiger charge is 2.44. The summed E-state index contributed by atoms with van der Waals surface area (Å²) in [4.78, 5) is 12.9. The maximum atomic E-state index is 12.9. The van der Waals surface area contributed by atoms with Crippen LogP contribution in [-0.4, -0.2) is 29.7 Å². The largest absolute Gasteiger partial charge is 0.485 e. The second-order valence-corrected chi connectivity index (χ2v) is 15.1. The smallest absolute Gasteiger partial charge is 0.251 e. The molecule has 0 aliphatic carbocycles. The van der Waals surface area contributed by atoms with Gasteiger partial charge in [0.1, 0.15) is 17.5 Å². The molecule has 1 N–H and O–H groups in total. The summed E-state index contributed by atoms with van der Waals surface area (Å²) in [6.07, 6.45) is 0.774. The minimum absolute atomic E-state index is 0.0784. The summed E-state index contributed by atoms with van der Waals surface area (Å²) in [6, 6.07) is 9.82. The first-order chi connectivity index (χ1) is 14.3. The van der Waals surface area contributed by atoms with Crippen molar-refractivity contribution in [2.24, 2.45) is 0 Å². The first-order valence-electron chi connectivity index (χ1n) is 10.5. The second kappa shape index (κ2) is 7.94. The molecule has 0 saturated carbocycles. The van der Waals surface area contributed by atoms with Gasteiger partial charge in [-0.1, -0.05) is 20.8 Å². The molecule has 1 aliphatic rings. The van der Waals surface area contributed by atoms with Crippen molar-refractivity contribution in [3.05, 3.63) is 63.6 Å². The predicted molar refractivity (Wildman–Crippen MR) is 123 cm³/mol. The van der Waals surface area contributed by atoms with Gasteiger partial charge in [0.15, 0.2) is 8.32 Å². The highest BCUT2D eigenvalue weighted by molar-refractivity contribution is 6.74. The summed E-state index contributed by atoms with van der Waals surface area (Å²) < 4.78 is 13.9. The number of fused-ring (bicyclic) bond motifs is 1. The molecule has 2 heterocycles. The summed E-state index contributed by atoms with van der Waals surface area (Å²) in [5, 5.41) is 20.6. The van der Waals surface area contributed by atoms with Crippen LogP contribution in [0.5, 0.6) is 5.75 Å². The zero-order chi connectivity index (χ0) is 23.2. The minimum Gasteiger partial charge on any atom is -0.485 e. The molecule has 3 rings (SSSR count). The zero-order valence-corrected chi connectivity index (χ0v) is 20.4. The number of pyridine rings is 1. The predicted octanol–water partition coefficient (Wildman–Crippen LogP) is 4.36. The lowest BCUT2D eigenvalue weighted by Gasteiger charge is -2.42. The van der Waals surface area contributed by atoms with E-state index >= 15 is 0 Å². The Morgan fingerprint density at radius 1 is 1.26 bits per heavy atom. The van der Waals surface area contributed by atoms with Crippen LogP contribution in [0.2, 0.25) is 18.1 Å². The lowest BCUT2D eigenvalue weighted by molar-refractivity contribution is -0.0643. The van der Waals surface area contributed by atoms with Crippen molar-refractivity contribution in [3.8, 4) is 11.8 Å². The number of nitrogens with zero attached hydrogens (tertiary/aromatic N) is 2. The molecule has 0 radical (unpaired) electrons. The standard InChI is InChI=1S/C24H32N2O4Si/c1-23(2,3)31(6,7)29-15-17-9-11-20(27)26(14-17)21-18-12-16(13-25)8-10-19(18)30-24(4,5)22(21)28/h8-12,14,21-22,28H,15H2,1-7H3. The third-order valence-corrected chi connectivity index (χ3v) is 11.0. The Bertz CT molecular complexity index is 1080. The number of aliphatic hydroxyl groups excluding tert-OH is 1. The van der Waals surface area contributed by atoms with E-state index in [2.05, 4.69) is 39.9 Å². The van der Waals surface area contributed by atoms with Gasteiger partial charge in [-0.3, -0.25) is 4.79 Å². The molecule has 31 heavy (non-hydrogen) atoms. The van der Waals surface area contributed by atoms with Crippen molar-refractivity contribution in [2.45, 2.75) is 77.1 Å². The van der Waals surface area contributed by atoms with Crippen molar-refractivity contribution >= 4 is 8.32 Å². The highest BCUT2D eigenvalue weighted by Crippen LogP contribution is 2.42. The van der Waals surface area contributed by atoms with Gasteiger partial charge in [-0.05, 0) is 61.8 Å². The average molecular weight is 441 g/mol. The molecule has 1 aromatic carbocycles. The fourth-order valence-electron chi connectivity index (χ4n) is 3.47. The topological polar surface area (TPSA) is 84.5 Å². The van der Waals surface area contributed by atoms with Crippen LogP contribution in [0.1, 0.15) is 57.4 Å². The minimum atomic E-state index is -1.96. The van der Waals surface area contributed by atoms with E-state index < -0.39 is 26.1 Å². The number of aromatic nitrogens is 1. The molecule has 166 valence electrons. The lowest BCUT2D eigenvalue weighted by atomic mass is 9.85. The fourth-order valence-corrected chi connectivity index (χ4v) is 4.43. The first-order valence-corrected chi connectivity index (χ1v) is 13.4. The molecule has 7 heteroatoms. The summed E-state index contributed by atoms with van der Waals surface area (Å²) in [6.45, 7) is 14.9. The monoisotopic (exact) mass is 440 g/mol. The molecule has 1 aromatic heterocycles. The Balaban J connectivity index is 2.05. The molecule has 0 saturated heterocycles. The number of benzene rings is 1. The molecule has 1 aliphatic heterocycles. The Morgan fingerprint density at radius 2 is 1.94 bits per heavy atom. The Hall–Kier alpha value is -2.40. The van der Waals surface area contributed by atoms with E-state index in [9.17, 15) is 15.2 Å². The van der Waals surface area contributed by atoms with Crippen molar-refractivity contribution in [2.75, 3.05) is 0 Å². The number of ether oxygens (including phenoxy) is 1. The molecule has 2 atom stereocenters. The SMILES string of the molecule is CC1(C)Oc2ccc(C#N)cc2C(n2cc(CO[Si](C)(C)C(C)(C)C)ccc2=O)C1O. The van der Waals surface area contributed by atoms with E-state index in [1.54, 1.807) is 48.9 Å². The van der Waals surface area contributed by atoms with Gasteiger partial charge < -0.3 is 18.8 Å². The van der Waals surface area contributed by atoms with Crippen molar-refractivity contribution in [1.82, 2.24) is 4.57 Å². The van der Waals surface area contributed by atoms with E-state index in [1.165, 1.54) is 6.07 Å². The number of rotatable bonds is 4. The number of aliphatic hydroxyl groups is 1. The van der Waals surface area contributed by atoms with Gasteiger partial charge >= 0.3 is 0 Å². The summed E-state index contributed by atoms with van der Waals surface area (Å²) >= 11 is 0. The summed E-state index contributed by atoms with van der Waals surface area (Å²) in [5.41, 5.74) is 0.795. The highest BCUT2D eigenvalue weighted by atomic mass is 28.4. The maximum Gasteiger partial charge on any atom is 0.251 e. The van der Waals surface area contributed by atoms with E-state index in [1.807, 2.05) is 0 Å². The van der Waals surface area contributed by atoms with E-state index in [-0.39, 0.29) is 10.6 Å². The Labute approximate surface area is 185 Å². The fraction of sp³-hybridized carbons (Fsp3) is 0.500. The van der Waals surface area contributed by atoms with Crippen LogP contribution in [0, 0.1) is 11.3 Å². The van der Waals surface area contributed by atoms with Crippen LogP contribution in [0.3, 0.4) is 0 Å². The van der Waals surface area contributed by atoms with Gasteiger partial charge in [0.2, 0.25) is 0 Å². The van der Waals surface area contributed by atoms with Crippen LogP contribution in [0.4, 0.5) is 0 Å². The number of nitriles is 1. The van der Waals surface area contributed by atoms with Gasteiger partial charge in [0.25, 0.3) is 5.56 Å². The van der Waals surface area contributed by atoms with Crippen molar-refractivity contribution in [3.63, 3.8) is 0 Å². The molecule has 2 aromatic rings. The van der Waals surface area contributed by atoms with Crippen LogP contribution >= 0.6 is 0 Å². The van der Waals surface area contributed by atoms with Crippen LogP contribution in [0.25, 0.3) is 0 Å². The number of hydrogen-bond donors (Lipinski definition) is 1. The Kier molecular flexibility index (Phi) is 5.96. The van der Waals surface area contributed by atoms with Gasteiger partial charge in [-0.15, -0.1) is 0 Å². The first kappa shape index (κ1) is 23.3. The van der Waals surface area contributed by atoms with Crippen LogP contribution < -0.4 is 10.3 Å². The molecule has 0 amide bonds. The molecule has 0 bridgehead atoms. The molecule has 2 unspecified atom stereocenters. The quantitative estimate of drug-likeness (QED) is 0.714. The van der Waals surface area contributed by atoms with Gasteiger partial charge in [0, 0.05) is 17.8 Å². The molecular formula is C24H32N2O4Si. The van der Waals surface area contributed by atoms with Crippen LogP contribution in [0.15, 0.2) is 41.3 Å². The van der Waals surface area contributed by atoms with Crippen molar-refractivity contribution in [1.29, 1.82) is 5.26 Å². The lowest BCUT2D eigenvalue weighted by Crippen LogP contribution is -2.52. The summed E-state index contributed by atoms with van der Waals surface area (Å²) in [7, 11) is -1.96. The van der Waals surface area contributed by atoms with Gasteiger partial charge in [-0.25, -0.2) is 0 Å². The average Bonchev–Trinajstić information content (AvgIpc) is 2.67. The Morgan fingerprint density at radius 3 is 2.55 bits per heavy atom.